The van der Waals surface area contributed by atoms with Crippen LogP contribution >= 0.6 is 8.35 Å². The second-order valence-corrected chi connectivity index (χ2v) is 3.63. The van der Waals surface area contributed by atoms with Crippen LogP contribution in [0.4, 0.5) is 0 Å². The van der Waals surface area contributed by atoms with Crippen molar-refractivity contribution in [2.45, 2.75) is 6.92 Å². The number of nitrogens with one attached hydrogen (secondary N) is 1. The third kappa shape index (κ3) is 1.39. The molecule has 2 rings (SSSR count). The average Bonchev–Trinajstić information content (AvgIpc) is 2.58. The molecule has 0 saturated heterocycles. The number of hydrogen-bond acceptors (Lipinski definition) is 1. The molecule has 1 aromatic carbocycles. The number of aryl methyl sites for hydroxylation is 1. The van der Waals surface area contributed by atoms with Crippen molar-refractivity contribution in [3.05, 3.63) is 36.0 Å². The molecule has 1 N–H and O–H groups in total. The van der Waals surface area contributed by atoms with Crippen molar-refractivity contribution in [2.75, 3.05) is 0 Å². The van der Waals surface area contributed by atoms with Crippen LogP contribution in [0, 0.1) is 6.92 Å². The third-order valence-electron chi connectivity index (χ3n) is 1.76. The van der Waals surface area contributed by atoms with Crippen LogP contribution in [0.1, 0.15) is 5.56 Å². The smallest absolute Gasteiger partial charge is 0.0614 e. The predicted octanol–water partition coefficient (Wildman–Crippen LogP) is 2.97. The predicted molar refractivity (Wildman–Crippen MR) is 51.3 cm³/mol. The van der Waals surface area contributed by atoms with Gasteiger partial charge in [0.25, 0.3) is 0 Å². The van der Waals surface area contributed by atoms with Crippen LogP contribution in [-0.2, 0) is 0 Å². The van der Waals surface area contributed by atoms with Crippen LogP contribution in [0.2, 0.25) is 0 Å². The number of benzene rings is 1. The summed E-state index contributed by atoms with van der Waals surface area (Å²) >= 11 is 0. The van der Waals surface area contributed by atoms with E-state index in [2.05, 4.69) is 41.1 Å². The van der Waals surface area contributed by atoms with Gasteiger partial charge in [0.05, 0.1) is 6.20 Å². The standard InChI is InChI=1S/C9H9N2P/c1-7-2-4-8(5-3-7)9-6-10-11-12-9/h2-6H,1H3,(H,10,11). The molecule has 0 unspecified atom stereocenters. The highest BCUT2D eigenvalue weighted by atomic mass is 31.0. The summed E-state index contributed by atoms with van der Waals surface area (Å²) in [6.45, 7) is 2.09. The first-order valence-corrected chi connectivity index (χ1v) is 4.68. The number of aromatic amines is 1. The van der Waals surface area contributed by atoms with Crippen molar-refractivity contribution in [1.82, 2.24) is 9.96 Å². The highest BCUT2D eigenvalue weighted by molar-refractivity contribution is 7.29. The van der Waals surface area contributed by atoms with Gasteiger partial charge < -0.3 is 0 Å². The summed E-state index contributed by atoms with van der Waals surface area (Å²) in [5.41, 5.74) is 2.54. The van der Waals surface area contributed by atoms with E-state index < -0.39 is 0 Å². The molecule has 0 atom stereocenters. The molecule has 0 radical (unpaired) electrons. The van der Waals surface area contributed by atoms with Crippen LogP contribution in [0.25, 0.3) is 10.9 Å². The zero-order chi connectivity index (χ0) is 8.39. The van der Waals surface area contributed by atoms with Gasteiger partial charge in [-0.15, -0.1) is 0 Å². The molecular formula is C9H9N2P. The van der Waals surface area contributed by atoms with E-state index in [1.165, 1.54) is 16.4 Å². The van der Waals surface area contributed by atoms with Crippen molar-refractivity contribution in [1.29, 1.82) is 0 Å². The maximum absolute atomic E-state index is 3.94. The van der Waals surface area contributed by atoms with E-state index in [1.54, 1.807) is 0 Å². The molecule has 0 aliphatic heterocycles. The molecule has 60 valence electrons. The van der Waals surface area contributed by atoms with Crippen molar-refractivity contribution in [2.24, 2.45) is 0 Å². The van der Waals surface area contributed by atoms with Crippen molar-refractivity contribution in [3.8, 4) is 10.9 Å². The fourth-order valence-corrected chi connectivity index (χ4v) is 1.68. The van der Waals surface area contributed by atoms with E-state index in [4.69, 9.17) is 0 Å². The van der Waals surface area contributed by atoms with Gasteiger partial charge in [0.1, 0.15) is 0 Å². The summed E-state index contributed by atoms with van der Waals surface area (Å²) in [5, 5.41) is 5.17. The monoisotopic (exact) mass is 176 g/mol. The number of H-pyrrole nitrogens is 1. The molecular weight excluding hydrogens is 167 g/mol. The molecule has 0 fully saturated rings. The highest BCUT2D eigenvalue weighted by Crippen LogP contribution is 2.24. The first-order valence-electron chi connectivity index (χ1n) is 3.79. The van der Waals surface area contributed by atoms with E-state index in [-0.39, 0.29) is 0 Å². The van der Waals surface area contributed by atoms with Crippen molar-refractivity contribution in [3.63, 3.8) is 0 Å². The van der Waals surface area contributed by atoms with E-state index in [0.29, 0.717) is 0 Å². The van der Waals surface area contributed by atoms with Crippen molar-refractivity contribution < 1.29 is 0 Å². The van der Waals surface area contributed by atoms with Gasteiger partial charge in [0.2, 0.25) is 0 Å². The minimum atomic E-state index is 1.08. The van der Waals surface area contributed by atoms with Crippen LogP contribution in [0.5, 0.6) is 0 Å². The molecule has 0 bridgehead atoms. The fraction of sp³-hybridized carbons (Fsp3) is 0.111. The van der Waals surface area contributed by atoms with E-state index in [1.807, 2.05) is 6.20 Å². The van der Waals surface area contributed by atoms with Gasteiger partial charge in [0.15, 0.2) is 0 Å². The molecule has 1 heterocycles. The molecule has 0 aliphatic carbocycles. The first-order chi connectivity index (χ1) is 5.86. The van der Waals surface area contributed by atoms with Gasteiger partial charge in [0, 0.05) is 13.6 Å². The minimum Gasteiger partial charge on any atom is -0.259 e. The maximum atomic E-state index is 3.94. The van der Waals surface area contributed by atoms with Crippen LogP contribution in [0.15, 0.2) is 30.5 Å². The molecule has 12 heavy (non-hydrogen) atoms. The van der Waals surface area contributed by atoms with Gasteiger partial charge in [-0.25, -0.2) is 0 Å². The van der Waals surface area contributed by atoms with Gasteiger partial charge in [-0.05, 0) is 12.5 Å². The number of hydrogen-bond donors (Lipinski definition) is 1. The Morgan fingerprint density at radius 3 is 2.58 bits per heavy atom. The lowest BCUT2D eigenvalue weighted by molar-refractivity contribution is 1.16. The Kier molecular flexibility index (Phi) is 1.92. The van der Waals surface area contributed by atoms with Crippen LogP contribution in [0.3, 0.4) is 0 Å². The SMILES string of the molecule is Cc1ccc(-c2cn[nH]p2)cc1. The topological polar surface area (TPSA) is 28.7 Å². The lowest BCUT2D eigenvalue weighted by atomic mass is 10.1. The van der Waals surface area contributed by atoms with E-state index in [9.17, 15) is 0 Å². The number of nitrogens with zero attached hydrogens (tertiary/aromatic N) is 1. The summed E-state index contributed by atoms with van der Waals surface area (Å²) in [4.78, 5) is 2.89. The van der Waals surface area contributed by atoms with E-state index in [0.717, 1.165) is 8.35 Å². The summed E-state index contributed by atoms with van der Waals surface area (Å²) < 4.78 is 0. The lowest BCUT2D eigenvalue weighted by Gasteiger charge is -1.95. The second kappa shape index (κ2) is 3.08. The number of aromatic nitrogens is 2. The molecule has 3 heteroatoms. The Bertz CT molecular complexity index is 351. The van der Waals surface area contributed by atoms with E-state index >= 15 is 0 Å². The van der Waals surface area contributed by atoms with Gasteiger partial charge >= 0.3 is 0 Å². The normalized spacial score (nSPS) is 10.8. The summed E-state index contributed by atoms with van der Waals surface area (Å²) in [5.74, 6) is 0. The fourth-order valence-electron chi connectivity index (χ4n) is 1.07. The molecule has 0 aliphatic rings. The lowest BCUT2D eigenvalue weighted by Crippen LogP contribution is -1.72. The van der Waals surface area contributed by atoms with Crippen LogP contribution in [-0.4, -0.2) is 9.96 Å². The van der Waals surface area contributed by atoms with Gasteiger partial charge in [-0.1, -0.05) is 29.8 Å². The first kappa shape index (κ1) is 7.51. The largest absolute Gasteiger partial charge is 0.259 e. The molecule has 2 aromatic rings. The summed E-state index contributed by atoms with van der Waals surface area (Å²) in [7, 11) is 1.08. The zero-order valence-corrected chi connectivity index (χ0v) is 7.68. The summed E-state index contributed by atoms with van der Waals surface area (Å²) in [6, 6.07) is 8.47. The van der Waals surface area contributed by atoms with Crippen molar-refractivity contribution >= 4 is 8.35 Å². The van der Waals surface area contributed by atoms with Crippen LogP contribution < -0.4 is 0 Å². The quantitative estimate of drug-likeness (QED) is 0.710. The highest BCUT2D eigenvalue weighted by Gasteiger charge is 1.96. The Morgan fingerprint density at radius 1 is 1.25 bits per heavy atom. The summed E-state index contributed by atoms with van der Waals surface area (Å²) in [6.07, 6.45) is 1.87. The molecule has 0 spiro atoms. The Balaban J connectivity index is 2.43. The Labute approximate surface area is 72.8 Å². The maximum Gasteiger partial charge on any atom is 0.0614 e. The second-order valence-electron chi connectivity index (χ2n) is 2.72. The third-order valence-corrected chi connectivity index (χ3v) is 2.59. The molecule has 2 nitrogen and oxygen atoms in total. The zero-order valence-electron chi connectivity index (χ0n) is 6.78. The molecule has 1 aromatic heterocycles. The minimum absolute atomic E-state index is 1.08. The average molecular weight is 176 g/mol. The molecule has 0 amide bonds. The van der Waals surface area contributed by atoms with Gasteiger partial charge in [-0.3, -0.25) is 4.86 Å². The Hall–Kier alpha value is -1.14. The number of rotatable bonds is 1. The Morgan fingerprint density at radius 2 is 2.00 bits per heavy atom. The molecule has 0 saturated carbocycles. The van der Waals surface area contributed by atoms with Gasteiger partial charge in [-0.2, -0.15) is 5.10 Å².